The molecule has 84 valence electrons. The van der Waals surface area contributed by atoms with E-state index in [0.717, 1.165) is 12.8 Å². The van der Waals surface area contributed by atoms with E-state index in [2.05, 4.69) is 41.5 Å². The van der Waals surface area contributed by atoms with Crippen LogP contribution in [0.2, 0.25) is 0 Å². The van der Waals surface area contributed by atoms with Crippen LogP contribution in [-0.4, -0.2) is 6.17 Å². The summed E-state index contributed by atoms with van der Waals surface area (Å²) >= 11 is 0. The fourth-order valence-electron chi connectivity index (χ4n) is 2.59. The van der Waals surface area contributed by atoms with Crippen LogP contribution >= 0.6 is 0 Å². The van der Waals surface area contributed by atoms with Crippen molar-refractivity contribution in [3.8, 4) is 0 Å². The van der Waals surface area contributed by atoms with Crippen LogP contribution in [0.4, 0.5) is 4.39 Å². The second-order valence-electron chi connectivity index (χ2n) is 7.02. The molecule has 14 heavy (non-hydrogen) atoms. The van der Waals surface area contributed by atoms with E-state index in [9.17, 15) is 4.39 Å². The standard InChI is InChI=1S/C13H25F/c1-12(2,3)9-7-10(11(14)8-9)13(4,5)6/h9-11H,7-8H2,1-6H3. The maximum atomic E-state index is 13.9. The van der Waals surface area contributed by atoms with Crippen molar-refractivity contribution < 1.29 is 4.39 Å². The van der Waals surface area contributed by atoms with Gasteiger partial charge in [0.25, 0.3) is 0 Å². The number of rotatable bonds is 0. The molecule has 0 saturated heterocycles. The van der Waals surface area contributed by atoms with Gasteiger partial charge in [-0.2, -0.15) is 0 Å². The van der Waals surface area contributed by atoms with Gasteiger partial charge in [0.2, 0.25) is 0 Å². The summed E-state index contributed by atoms with van der Waals surface area (Å²) in [6.45, 7) is 13.2. The Morgan fingerprint density at radius 3 is 1.57 bits per heavy atom. The molecule has 3 unspecified atom stereocenters. The molecule has 0 heterocycles. The highest BCUT2D eigenvalue weighted by Gasteiger charge is 2.44. The first-order valence-electron chi connectivity index (χ1n) is 5.76. The lowest BCUT2D eigenvalue weighted by Gasteiger charge is -2.30. The summed E-state index contributed by atoms with van der Waals surface area (Å²) in [5, 5.41) is 0. The second kappa shape index (κ2) is 3.50. The van der Waals surface area contributed by atoms with Crippen LogP contribution < -0.4 is 0 Å². The maximum absolute atomic E-state index is 13.9. The first kappa shape index (κ1) is 12.0. The highest BCUT2D eigenvalue weighted by molar-refractivity contribution is 4.93. The summed E-state index contributed by atoms with van der Waals surface area (Å²) in [5.74, 6) is 0.813. The van der Waals surface area contributed by atoms with Crippen LogP contribution in [0.25, 0.3) is 0 Å². The molecule has 0 aromatic carbocycles. The molecule has 0 spiro atoms. The van der Waals surface area contributed by atoms with Crippen LogP contribution in [0.1, 0.15) is 54.4 Å². The van der Waals surface area contributed by atoms with Crippen LogP contribution in [0.15, 0.2) is 0 Å². The van der Waals surface area contributed by atoms with E-state index in [0.29, 0.717) is 5.92 Å². The summed E-state index contributed by atoms with van der Waals surface area (Å²) in [4.78, 5) is 0. The number of hydrogen-bond donors (Lipinski definition) is 0. The minimum atomic E-state index is -0.584. The summed E-state index contributed by atoms with van der Waals surface area (Å²) < 4.78 is 13.9. The van der Waals surface area contributed by atoms with Crippen LogP contribution in [0, 0.1) is 22.7 Å². The van der Waals surface area contributed by atoms with Gasteiger partial charge in [-0.15, -0.1) is 0 Å². The number of hydrogen-bond acceptors (Lipinski definition) is 0. The van der Waals surface area contributed by atoms with Gasteiger partial charge in [0.1, 0.15) is 6.17 Å². The second-order valence-corrected chi connectivity index (χ2v) is 7.02. The molecule has 1 aliphatic carbocycles. The molecule has 0 N–H and O–H groups in total. The van der Waals surface area contributed by atoms with Crippen LogP contribution in [0.3, 0.4) is 0 Å². The third kappa shape index (κ3) is 2.49. The van der Waals surface area contributed by atoms with E-state index in [1.165, 1.54) is 0 Å². The van der Waals surface area contributed by atoms with Gasteiger partial charge in [0.15, 0.2) is 0 Å². The molecule has 0 aromatic rings. The quantitative estimate of drug-likeness (QED) is 0.542. The van der Waals surface area contributed by atoms with Crippen molar-refractivity contribution in [1.82, 2.24) is 0 Å². The van der Waals surface area contributed by atoms with E-state index in [4.69, 9.17) is 0 Å². The molecule has 0 aliphatic heterocycles. The molecule has 0 aromatic heterocycles. The van der Waals surface area contributed by atoms with Crippen molar-refractivity contribution in [1.29, 1.82) is 0 Å². The van der Waals surface area contributed by atoms with Crippen molar-refractivity contribution in [3.05, 3.63) is 0 Å². The van der Waals surface area contributed by atoms with Crippen molar-refractivity contribution in [2.45, 2.75) is 60.6 Å². The number of alkyl halides is 1. The molecule has 1 aliphatic rings. The normalized spacial score (nSPS) is 34.9. The van der Waals surface area contributed by atoms with Crippen LogP contribution in [-0.2, 0) is 0 Å². The Bertz CT molecular complexity index is 194. The summed E-state index contributed by atoms with van der Waals surface area (Å²) in [5.41, 5.74) is 0.393. The molecule has 1 saturated carbocycles. The Labute approximate surface area is 88.3 Å². The molecule has 1 heteroatoms. The molecular formula is C13H25F. The molecule has 0 bridgehead atoms. The highest BCUT2D eigenvalue weighted by atomic mass is 19.1. The third-order valence-corrected chi connectivity index (χ3v) is 3.82. The van der Waals surface area contributed by atoms with Crippen molar-refractivity contribution in [2.75, 3.05) is 0 Å². The van der Waals surface area contributed by atoms with E-state index in [1.807, 2.05) is 0 Å². The minimum absolute atomic E-state index is 0.124. The predicted molar refractivity (Wildman–Crippen MR) is 60.0 cm³/mol. The van der Waals surface area contributed by atoms with Crippen molar-refractivity contribution in [2.24, 2.45) is 22.7 Å². The predicted octanol–water partition coefficient (Wildman–Crippen LogP) is 4.44. The van der Waals surface area contributed by atoms with Gasteiger partial charge in [0.05, 0.1) is 0 Å². The molecule has 0 nitrogen and oxygen atoms in total. The van der Waals surface area contributed by atoms with Crippen molar-refractivity contribution in [3.63, 3.8) is 0 Å². The van der Waals surface area contributed by atoms with E-state index in [-0.39, 0.29) is 16.7 Å². The Hall–Kier alpha value is -0.0700. The summed E-state index contributed by atoms with van der Waals surface area (Å²) in [7, 11) is 0. The number of halogens is 1. The van der Waals surface area contributed by atoms with E-state index in [1.54, 1.807) is 0 Å². The van der Waals surface area contributed by atoms with E-state index >= 15 is 0 Å². The Morgan fingerprint density at radius 2 is 1.36 bits per heavy atom. The largest absolute Gasteiger partial charge is 0.247 e. The summed E-state index contributed by atoms with van der Waals surface area (Å²) in [6, 6.07) is 0. The lowest BCUT2D eigenvalue weighted by Crippen LogP contribution is -2.25. The Kier molecular flexibility index (Phi) is 3.00. The van der Waals surface area contributed by atoms with Gasteiger partial charge in [-0.25, -0.2) is 4.39 Å². The minimum Gasteiger partial charge on any atom is -0.247 e. The zero-order chi connectivity index (χ0) is 11.1. The Morgan fingerprint density at radius 1 is 0.857 bits per heavy atom. The fraction of sp³-hybridized carbons (Fsp3) is 1.00. The lowest BCUT2D eigenvalue weighted by atomic mass is 9.75. The molecule has 3 atom stereocenters. The zero-order valence-electron chi connectivity index (χ0n) is 10.5. The van der Waals surface area contributed by atoms with Gasteiger partial charge >= 0.3 is 0 Å². The maximum Gasteiger partial charge on any atom is 0.104 e. The van der Waals surface area contributed by atoms with E-state index < -0.39 is 6.17 Å². The van der Waals surface area contributed by atoms with Gasteiger partial charge in [-0.3, -0.25) is 0 Å². The average molecular weight is 200 g/mol. The van der Waals surface area contributed by atoms with Crippen LogP contribution in [0.5, 0.6) is 0 Å². The molecule has 1 fully saturated rings. The monoisotopic (exact) mass is 200 g/mol. The third-order valence-electron chi connectivity index (χ3n) is 3.82. The lowest BCUT2D eigenvalue weighted by molar-refractivity contribution is 0.142. The van der Waals surface area contributed by atoms with Gasteiger partial charge in [-0.1, -0.05) is 41.5 Å². The van der Waals surface area contributed by atoms with Crippen molar-refractivity contribution >= 4 is 0 Å². The smallest absolute Gasteiger partial charge is 0.104 e. The zero-order valence-corrected chi connectivity index (χ0v) is 10.5. The van der Waals surface area contributed by atoms with Gasteiger partial charge < -0.3 is 0 Å². The summed E-state index contributed by atoms with van der Waals surface area (Å²) in [6.07, 6.45) is 1.25. The fourth-order valence-corrected chi connectivity index (χ4v) is 2.59. The first-order chi connectivity index (χ1) is 6.12. The molecule has 1 rings (SSSR count). The molecule has 0 radical (unpaired) electrons. The van der Waals surface area contributed by atoms with Gasteiger partial charge in [0, 0.05) is 0 Å². The first-order valence-corrected chi connectivity index (χ1v) is 5.76. The average Bonchev–Trinajstić information content (AvgIpc) is 2.27. The SMILES string of the molecule is CC(C)(C)C1CC(F)C(C(C)(C)C)C1. The molecular weight excluding hydrogens is 175 g/mol. The highest BCUT2D eigenvalue weighted by Crippen LogP contribution is 2.49. The topological polar surface area (TPSA) is 0 Å². The molecule has 0 amide bonds. The van der Waals surface area contributed by atoms with Gasteiger partial charge in [-0.05, 0) is 35.5 Å². The Balaban J connectivity index is 2.70.